The lowest BCUT2D eigenvalue weighted by Gasteiger charge is -2.19. The third-order valence-electron chi connectivity index (χ3n) is 5.28. The normalized spacial score (nSPS) is 17.2. The maximum Gasteiger partial charge on any atom is 0.191 e. The fraction of sp³-hybridized carbons (Fsp3) is 0.565. The molecule has 0 saturated carbocycles. The molecule has 172 valence electrons. The van der Waals surface area contributed by atoms with Crippen LogP contribution in [-0.2, 0) is 17.8 Å². The standard InChI is InChI=1S/C23H35N5O2.HI/c1-16-6-7-20(22(10-16)30-21-8-9-29-15-21)13-26-23(24-5)25-12-17(2)14-28-19(4)11-18(3)27-28;/h6-7,10-11,17,21H,8-9,12-15H2,1-5H3,(H2,24,25,26);1H. The first kappa shape index (κ1) is 25.5. The smallest absolute Gasteiger partial charge is 0.191 e. The zero-order valence-corrected chi connectivity index (χ0v) is 21.6. The summed E-state index contributed by atoms with van der Waals surface area (Å²) in [5.74, 6) is 2.12. The minimum Gasteiger partial charge on any atom is -0.488 e. The third-order valence-corrected chi connectivity index (χ3v) is 5.28. The van der Waals surface area contributed by atoms with Crippen LogP contribution < -0.4 is 15.4 Å². The van der Waals surface area contributed by atoms with Gasteiger partial charge in [0, 0.05) is 44.4 Å². The zero-order valence-electron chi connectivity index (χ0n) is 19.3. The van der Waals surface area contributed by atoms with E-state index in [4.69, 9.17) is 9.47 Å². The van der Waals surface area contributed by atoms with Gasteiger partial charge in [0.25, 0.3) is 0 Å². The molecule has 0 radical (unpaired) electrons. The summed E-state index contributed by atoms with van der Waals surface area (Å²) in [7, 11) is 1.80. The molecule has 0 bridgehead atoms. The van der Waals surface area contributed by atoms with Crippen molar-refractivity contribution in [2.24, 2.45) is 10.9 Å². The van der Waals surface area contributed by atoms with Crippen molar-refractivity contribution in [2.45, 2.75) is 53.3 Å². The van der Waals surface area contributed by atoms with E-state index in [9.17, 15) is 0 Å². The van der Waals surface area contributed by atoms with Gasteiger partial charge >= 0.3 is 0 Å². The van der Waals surface area contributed by atoms with Crippen LogP contribution in [0.25, 0.3) is 0 Å². The number of aryl methyl sites for hydroxylation is 3. The van der Waals surface area contributed by atoms with Crippen molar-refractivity contribution < 1.29 is 9.47 Å². The Morgan fingerprint density at radius 2 is 2.10 bits per heavy atom. The van der Waals surface area contributed by atoms with Gasteiger partial charge in [0.05, 0.1) is 18.9 Å². The van der Waals surface area contributed by atoms with E-state index in [1.807, 2.05) is 6.92 Å². The Bertz CT molecular complexity index is 862. The molecular formula is C23H36IN5O2. The molecule has 1 aromatic carbocycles. The van der Waals surface area contributed by atoms with Crippen LogP contribution in [0.15, 0.2) is 29.3 Å². The van der Waals surface area contributed by atoms with Crippen LogP contribution in [-0.4, -0.2) is 48.7 Å². The molecule has 7 nitrogen and oxygen atoms in total. The van der Waals surface area contributed by atoms with Gasteiger partial charge in [-0.15, -0.1) is 24.0 Å². The molecule has 1 aliphatic heterocycles. The number of hydrogen-bond acceptors (Lipinski definition) is 4. The largest absolute Gasteiger partial charge is 0.488 e. The van der Waals surface area contributed by atoms with E-state index in [-0.39, 0.29) is 30.1 Å². The van der Waals surface area contributed by atoms with E-state index in [1.165, 1.54) is 11.3 Å². The lowest BCUT2D eigenvalue weighted by atomic mass is 10.1. The number of aliphatic imine (C=N–C) groups is 1. The lowest BCUT2D eigenvalue weighted by molar-refractivity contribution is 0.140. The molecule has 0 aliphatic carbocycles. The van der Waals surface area contributed by atoms with Gasteiger partial charge in [-0.3, -0.25) is 9.67 Å². The molecule has 1 saturated heterocycles. The molecule has 2 heterocycles. The van der Waals surface area contributed by atoms with Gasteiger partial charge in [-0.25, -0.2) is 0 Å². The van der Waals surface area contributed by atoms with Crippen LogP contribution in [0.5, 0.6) is 5.75 Å². The summed E-state index contributed by atoms with van der Waals surface area (Å²) in [5.41, 5.74) is 4.56. The van der Waals surface area contributed by atoms with Gasteiger partial charge in [0.2, 0.25) is 0 Å². The summed E-state index contributed by atoms with van der Waals surface area (Å²) < 4.78 is 13.7. The number of hydrogen-bond donors (Lipinski definition) is 2. The molecule has 2 aromatic rings. The Morgan fingerprint density at radius 3 is 2.74 bits per heavy atom. The molecule has 1 fully saturated rings. The second kappa shape index (κ2) is 12.3. The van der Waals surface area contributed by atoms with Gasteiger partial charge in [-0.2, -0.15) is 5.10 Å². The Labute approximate surface area is 203 Å². The first-order chi connectivity index (χ1) is 14.4. The first-order valence-electron chi connectivity index (χ1n) is 10.7. The SMILES string of the molecule is CN=C(NCc1ccc(C)cc1OC1CCOC1)NCC(C)Cn1nc(C)cc1C.I. The van der Waals surface area contributed by atoms with Crippen molar-refractivity contribution in [3.05, 3.63) is 46.8 Å². The third kappa shape index (κ3) is 7.68. The molecule has 0 amide bonds. The van der Waals surface area contributed by atoms with E-state index < -0.39 is 0 Å². The fourth-order valence-electron chi connectivity index (χ4n) is 3.59. The Hall–Kier alpha value is -1.81. The van der Waals surface area contributed by atoms with Gasteiger partial charge in [-0.1, -0.05) is 19.1 Å². The van der Waals surface area contributed by atoms with Crippen LogP contribution >= 0.6 is 24.0 Å². The second-order valence-corrected chi connectivity index (χ2v) is 8.24. The van der Waals surface area contributed by atoms with Crippen molar-refractivity contribution in [2.75, 3.05) is 26.8 Å². The Kier molecular flexibility index (Phi) is 10.1. The maximum absolute atomic E-state index is 6.20. The molecule has 8 heteroatoms. The number of ether oxygens (including phenoxy) is 2. The van der Waals surface area contributed by atoms with Crippen LogP contribution in [0.4, 0.5) is 0 Å². The van der Waals surface area contributed by atoms with Crippen molar-refractivity contribution in [1.82, 2.24) is 20.4 Å². The topological polar surface area (TPSA) is 72.7 Å². The Morgan fingerprint density at radius 1 is 1.29 bits per heavy atom. The van der Waals surface area contributed by atoms with Crippen LogP contribution in [0.1, 0.15) is 35.9 Å². The highest BCUT2D eigenvalue weighted by atomic mass is 127. The van der Waals surface area contributed by atoms with E-state index in [0.717, 1.165) is 49.1 Å². The summed E-state index contributed by atoms with van der Waals surface area (Å²) in [5, 5.41) is 11.4. The van der Waals surface area contributed by atoms with Crippen molar-refractivity contribution in [3.63, 3.8) is 0 Å². The number of nitrogens with one attached hydrogen (secondary N) is 2. The summed E-state index contributed by atoms with van der Waals surface area (Å²) in [4.78, 5) is 4.37. The minimum atomic E-state index is 0. The van der Waals surface area contributed by atoms with E-state index in [2.05, 4.69) is 70.4 Å². The van der Waals surface area contributed by atoms with Gasteiger partial charge in [-0.05, 0) is 44.4 Å². The van der Waals surface area contributed by atoms with Crippen LogP contribution in [0.2, 0.25) is 0 Å². The van der Waals surface area contributed by atoms with E-state index >= 15 is 0 Å². The highest BCUT2D eigenvalue weighted by Gasteiger charge is 2.19. The number of halogens is 1. The summed E-state index contributed by atoms with van der Waals surface area (Å²) in [6.07, 6.45) is 1.08. The molecule has 3 rings (SSSR count). The van der Waals surface area contributed by atoms with Crippen LogP contribution in [0.3, 0.4) is 0 Å². The number of guanidine groups is 1. The summed E-state index contributed by atoms with van der Waals surface area (Å²) in [6.45, 7) is 12.2. The number of benzene rings is 1. The van der Waals surface area contributed by atoms with Gasteiger partial charge in [0.1, 0.15) is 11.9 Å². The van der Waals surface area contributed by atoms with Gasteiger partial charge in [0.15, 0.2) is 5.96 Å². The maximum atomic E-state index is 6.20. The average molecular weight is 541 g/mol. The minimum absolute atomic E-state index is 0. The molecule has 2 unspecified atom stereocenters. The average Bonchev–Trinajstić information content (AvgIpc) is 3.32. The van der Waals surface area contributed by atoms with Crippen LogP contribution in [0, 0.1) is 26.7 Å². The number of rotatable bonds is 8. The monoisotopic (exact) mass is 541 g/mol. The van der Waals surface area contributed by atoms with E-state index in [1.54, 1.807) is 7.05 Å². The predicted molar refractivity (Wildman–Crippen MR) is 136 cm³/mol. The highest BCUT2D eigenvalue weighted by Crippen LogP contribution is 2.23. The number of nitrogens with zero attached hydrogens (tertiary/aromatic N) is 3. The number of aromatic nitrogens is 2. The van der Waals surface area contributed by atoms with Crippen molar-refractivity contribution >= 4 is 29.9 Å². The molecule has 2 N–H and O–H groups in total. The molecule has 1 aliphatic rings. The second-order valence-electron chi connectivity index (χ2n) is 8.24. The summed E-state index contributed by atoms with van der Waals surface area (Å²) >= 11 is 0. The quantitative estimate of drug-likeness (QED) is 0.304. The van der Waals surface area contributed by atoms with Crippen molar-refractivity contribution in [1.29, 1.82) is 0 Å². The zero-order chi connectivity index (χ0) is 21.5. The molecule has 31 heavy (non-hydrogen) atoms. The first-order valence-corrected chi connectivity index (χ1v) is 10.7. The predicted octanol–water partition coefficient (Wildman–Crippen LogP) is 3.60. The lowest BCUT2D eigenvalue weighted by Crippen LogP contribution is -2.39. The van der Waals surface area contributed by atoms with Gasteiger partial charge < -0.3 is 20.1 Å². The highest BCUT2D eigenvalue weighted by molar-refractivity contribution is 14.0. The molecule has 1 aromatic heterocycles. The molecular weight excluding hydrogens is 505 g/mol. The van der Waals surface area contributed by atoms with E-state index in [0.29, 0.717) is 19.1 Å². The molecule has 0 spiro atoms. The fourth-order valence-corrected chi connectivity index (χ4v) is 3.59. The Balaban J connectivity index is 0.00000341. The van der Waals surface area contributed by atoms with Crippen molar-refractivity contribution in [3.8, 4) is 5.75 Å². The summed E-state index contributed by atoms with van der Waals surface area (Å²) in [6, 6.07) is 8.44. The molecule has 2 atom stereocenters.